The average Bonchev–Trinajstić information content (AvgIpc) is 3.20. The van der Waals surface area contributed by atoms with Crippen molar-refractivity contribution < 1.29 is 18.9 Å². The van der Waals surface area contributed by atoms with Gasteiger partial charge >= 0.3 is 0 Å². The molecule has 1 amide bonds. The van der Waals surface area contributed by atoms with Gasteiger partial charge in [0.15, 0.2) is 6.61 Å². The number of para-hydroxylation sites is 1. The number of hydrogen-bond donors (Lipinski definition) is 1. The van der Waals surface area contributed by atoms with Crippen molar-refractivity contribution in [3.63, 3.8) is 0 Å². The van der Waals surface area contributed by atoms with E-state index in [1.807, 2.05) is 24.3 Å². The largest absolute Gasteiger partial charge is 0.484 e. The molecular formula is C23H23N3O5. The molecule has 0 aliphatic carbocycles. The molecule has 1 aromatic heterocycles. The van der Waals surface area contributed by atoms with Crippen LogP contribution in [0.4, 0.5) is 5.69 Å². The van der Waals surface area contributed by atoms with E-state index in [1.54, 1.807) is 30.3 Å². The summed E-state index contributed by atoms with van der Waals surface area (Å²) in [5.41, 5.74) is 3.88. The third-order valence-corrected chi connectivity index (χ3v) is 4.46. The zero-order valence-corrected chi connectivity index (χ0v) is 17.5. The summed E-state index contributed by atoms with van der Waals surface area (Å²) in [5, 5.41) is 15.0. The number of hydrazone groups is 1. The van der Waals surface area contributed by atoms with Gasteiger partial charge in [0.2, 0.25) is 0 Å². The highest BCUT2D eigenvalue weighted by atomic mass is 16.6. The lowest BCUT2D eigenvalue weighted by molar-refractivity contribution is -0.384. The Hall–Kier alpha value is -3.94. The molecule has 0 aliphatic heterocycles. The molecule has 1 heterocycles. The number of benzene rings is 2. The molecule has 0 spiro atoms. The molecule has 0 saturated heterocycles. The lowest BCUT2D eigenvalue weighted by Gasteiger charge is -2.19. The van der Waals surface area contributed by atoms with E-state index in [2.05, 4.69) is 31.3 Å². The molecule has 160 valence electrons. The fourth-order valence-electron chi connectivity index (χ4n) is 2.81. The summed E-state index contributed by atoms with van der Waals surface area (Å²) >= 11 is 0. The third-order valence-electron chi connectivity index (χ3n) is 4.46. The summed E-state index contributed by atoms with van der Waals surface area (Å²) < 4.78 is 11.0. The van der Waals surface area contributed by atoms with Crippen molar-refractivity contribution in [2.45, 2.75) is 26.2 Å². The molecule has 0 unspecified atom stereocenters. The number of furan rings is 1. The first kappa shape index (κ1) is 21.8. The number of amides is 1. The normalized spacial score (nSPS) is 11.5. The quantitative estimate of drug-likeness (QED) is 0.339. The van der Waals surface area contributed by atoms with Crippen molar-refractivity contribution in [1.29, 1.82) is 0 Å². The Morgan fingerprint density at radius 1 is 1.13 bits per heavy atom. The van der Waals surface area contributed by atoms with Gasteiger partial charge in [0, 0.05) is 6.07 Å². The maximum Gasteiger partial charge on any atom is 0.280 e. The zero-order chi connectivity index (χ0) is 22.4. The van der Waals surface area contributed by atoms with Crippen LogP contribution < -0.4 is 10.2 Å². The Labute approximate surface area is 179 Å². The molecule has 31 heavy (non-hydrogen) atoms. The third kappa shape index (κ3) is 5.79. The second kappa shape index (κ2) is 9.25. The highest BCUT2D eigenvalue weighted by Crippen LogP contribution is 2.30. The minimum Gasteiger partial charge on any atom is -0.484 e. The minimum absolute atomic E-state index is 0.0434. The van der Waals surface area contributed by atoms with Gasteiger partial charge in [-0.2, -0.15) is 5.10 Å². The number of nitro benzene ring substituents is 1. The fourth-order valence-corrected chi connectivity index (χ4v) is 2.81. The van der Waals surface area contributed by atoms with Crippen molar-refractivity contribution in [3.8, 4) is 17.1 Å². The Kier molecular flexibility index (Phi) is 6.49. The standard InChI is InChI=1S/C23H23N3O5/c1-23(2,3)16-8-10-17(11-9-16)30-15-22(27)25-24-14-18-12-13-21(31-18)19-6-4-5-7-20(19)26(28)29/h4-14H,15H2,1-3H3,(H,25,27)/b24-14-. The number of carbonyl (C=O) groups is 1. The Balaban J connectivity index is 1.53. The van der Waals surface area contributed by atoms with Gasteiger partial charge in [-0.25, -0.2) is 5.43 Å². The van der Waals surface area contributed by atoms with Gasteiger partial charge in [0.1, 0.15) is 17.3 Å². The van der Waals surface area contributed by atoms with Crippen LogP contribution in [-0.2, 0) is 10.2 Å². The smallest absolute Gasteiger partial charge is 0.280 e. The van der Waals surface area contributed by atoms with Crippen LogP contribution in [-0.4, -0.2) is 23.7 Å². The predicted molar refractivity (Wildman–Crippen MR) is 117 cm³/mol. The van der Waals surface area contributed by atoms with E-state index < -0.39 is 10.8 Å². The van der Waals surface area contributed by atoms with Gasteiger partial charge < -0.3 is 9.15 Å². The maximum absolute atomic E-state index is 11.9. The van der Waals surface area contributed by atoms with Crippen LogP contribution >= 0.6 is 0 Å². The number of nitrogens with one attached hydrogen (secondary N) is 1. The van der Waals surface area contributed by atoms with Crippen molar-refractivity contribution >= 4 is 17.8 Å². The van der Waals surface area contributed by atoms with Crippen molar-refractivity contribution in [1.82, 2.24) is 5.43 Å². The Morgan fingerprint density at radius 3 is 2.52 bits per heavy atom. The van der Waals surface area contributed by atoms with E-state index in [4.69, 9.17) is 9.15 Å². The van der Waals surface area contributed by atoms with Crippen LogP contribution in [0.25, 0.3) is 11.3 Å². The van der Waals surface area contributed by atoms with Crippen LogP contribution in [0.5, 0.6) is 5.75 Å². The fraction of sp³-hybridized carbons (Fsp3) is 0.217. The Bertz CT molecular complexity index is 1090. The lowest BCUT2D eigenvalue weighted by Crippen LogP contribution is -2.24. The number of ether oxygens (including phenoxy) is 1. The second-order valence-corrected chi connectivity index (χ2v) is 7.83. The molecule has 3 rings (SSSR count). The summed E-state index contributed by atoms with van der Waals surface area (Å²) in [6, 6.07) is 17.1. The van der Waals surface area contributed by atoms with E-state index in [0.29, 0.717) is 22.8 Å². The number of hydrogen-bond acceptors (Lipinski definition) is 6. The average molecular weight is 421 g/mol. The van der Waals surface area contributed by atoms with E-state index in [-0.39, 0.29) is 17.7 Å². The molecule has 0 saturated carbocycles. The summed E-state index contributed by atoms with van der Waals surface area (Å²) in [6.07, 6.45) is 1.31. The summed E-state index contributed by atoms with van der Waals surface area (Å²) in [4.78, 5) is 22.6. The van der Waals surface area contributed by atoms with Gasteiger partial charge in [0.25, 0.3) is 11.6 Å². The van der Waals surface area contributed by atoms with Crippen molar-refractivity contribution in [2.75, 3.05) is 6.61 Å². The molecule has 1 N–H and O–H groups in total. The van der Waals surface area contributed by atoms with Crippen LogP contribution in [0, 0.1) is 10.1 Å². The summed E-state index contributed by atoms with van der Waals surface area (Å²) in [6.45, 7) is 6.18. The number of nitrogens with zero attached hydrogens (tertiary/aromatic N) is 2. The highest BCUT2D eigenvalue weighted by molar-refractivity contribution is 5.82. The van der Waals surface area contributed by atoms with Gasteiger partial charge in [-0.3, -0.25) is 14.9 Å². The van der Waals surface area contributed by atoms with Gasteiger partial charge in [0.05, 0.1) is 16.7 Å². The summed E-state index contributed by atoms with van der Waals surface area (Å²) in [5.74, 6) is 0.836. The van der Waals surface area contributed by atoms with E-state index >= 15 is 0 Å². The second-order valence-electron chi connectivity index (χ2n) is 7.83. The molecule has 0 aliphatic rings. The number of carbonyl (C=O) groups excluding carboxylic acids is 1. The van der Waals surface area contributed by atoms with Crippen LogP contribution in [0.15, 0.2) is 70.2 Å². The van der Waals surface area contributed by atoms with E-state index in [0.717, 1.165) is 0 Å². The Morgan fingerprint density at radius 2 is 1.84 bits per heavy atom. The predicted octanol–water partition coefficient (Wildman–Crippen LogP) is 4.68. The van der Waals surface area contributed by atoms with Crippen molar-refractivity contribution in [3.05, 3.63) is 82.1 Å². The summed E-state index contributed by atoms with van der Waals surface area (Å²) in [7, 11) is 0. The van der Waals surface area contributed by atoms with Crippen LogP contribution in [0.1, 0.15) is 32.1 Å². The molecule has 8 nitrogen and oxygen atoms in total. The van der Waals surface area contributed by atoms with Gasteiger partial charge in [-0.05, 0) is 41.3 Å². The molecule has 0 bridgehead atoms. The van der Waals surface area contributed by atoms with Crippen LogP contribution in [0.2, 0.25) is 0 Å². The number of nitro groups is 1. The minimum atomic E-state index is -0.470. The molecular weight excluding hydrogens is 398 g/mol. The molecule has 0 radical (unpaired) electrons. The molecule has 3 aromatic rings. The lowest BCUT2D eigenvalue weighted by atomic mass is 9.87. The van der Waals surface area contributed by atoms with Gasteiger partial charge in [-0.1, -0.05) is 45.0 Å². The van der Waals surface area contributed by atoms with Gasteiger partial charge in [-0.15, -0.1) is 0 Å². The highest BCUT2D eigenvalue weighted by Gasteiger charge is 2.17. The first-order chi connectivity index (χ1) is 14.7. The maximum atomic E-state index is 11.9. The molecule has 0 atom stereocenters. The first-order valence-corrected chi connectivity index (χ1v) is 9.63. The SMILES string of the molecule is CC(C)(C)c1ccc(OCC(=O)N/N=C\c2ccc(-c3ccccc3[N+](=O)[O-])o2)cc1. The zero-order valence-electron chi connectivity index (χ0n) is 17.5. The topological polar surface area (TPSA) is 107 Å². The molecule has 8 heteroatoms. The first-order valence-electron chi connectivity index (χ1n) is 9.63. The van der Waals surface area contributed by atoms with Crippen LogP contribution in [0.3, 0.4) is 0 Å². The van der Waals surface area contributed by atoms with E-state index in [1.165, 1.54) is 17.8 Å². The van der Waals surface area contributed by atoms with Crippen molar-refractivity contribution in [2.24, 2.45) is 5.10 Å². The number of rotatable bonds is 7. The molecule has 2 aromatic carbocycles. The monoisotopic (exact) mass is 421 g/mol. The molecule has 0 fully saturated rings. The van der Waals surface area contributed by atoms with E-state index in [9.17, 15) is 14.9 Å².